The van der Waals surface area contributed by atoms with Gasteiger partial charge in [-0.3, -0.25) is 9.59 Å². The van der Waals surface area contributed by atoms with Gasteiger partial charge in [-0.1, -0.05) is 46.3 Å². The number of hydrogen-bond acceptors (Lipinski definition) is 5. The summed E-state index contributed by atoms with van der Waals surface area (Å²) in [5, 5.41) is 5.76. The van der Waals surface area contributed by atoms with Crippen LogP contribution in [0, 0.1) is 0 Å². The number of halogens is 1. The number of hydrogen-bond donors (Lipinski definition) is 2. The Balaban J connectivity index is 1.67. The number of methoxy groups -OCH3 is 1. The van der Waals surface area contributed by atoms with Crippen LogP contribution in [0.1, 0.15) is 26.3 Å². The average molecular weight is 467 g/mol. The van der Waals surface area contributed by atoms with E-state index in [1.165, 1.54) is 7.11 Å². The summed E-state index contributed by atoms with van der Waals surface area (Å²) in [5.74, 6) is -0.875. The zero-order valence-electron chi connectivity index (χ0n) is 16.1. The highest BCUT2D eigenvalue weighted by molar-refractivity contribution is 9.10. The number of nitrogens with one attached hydrogen (secondary N) is 2. The number of ether oxygens (including phenoxy) is 1. The molecule has 0 aliphatic rings. The molecule has 6 nitrogen and oxygen atoms in total. The zero-order chi connectivity index (χ0) is 21.5. The molecular weight excluding hydrogens is 448 g/mol. The molecule has 0 spiro atoms. The van der Waals surface area contributed by atoms with Gasteiger partial charge >= 0.3 is 5.97 Å². The lowest BCUT2D eigenvalue weighted by Crippen LogP contribution is -2.22. The Morgan fingerprint density at radius 1 is 0.900 bits per heavy atom. The molecule has 3 rings (SSSR count). The normalized spacial score (nSPS) is 10.2. The second-order valence-corrected chi connectivity index (χ2v) is 7.27. The summed E-state index contributed by atoms with van der Waals surface area (Å²) in [6.45, 7) is -0.0323. The van der Waals surface area contributed by atoms with E-state index in [0.717, 1.165) is 4.47 Å². The number of carbonyl (C=O) groups is 3. The molecule has 3 aromatic rings. The van der Waals surface area contributed by atoms with E-state index in [4.69, 9.17) is 0 Å². The lowest BCUT2D eigenvalue weighted by molar-refractivity contribution is -0.114. The van der Waals surface area contributed by atoms with Crippen molar-refractivity contribution in [1.29, 1.82) is 0 Å². The van der Waals surface area contributed by atoms with E-state index in [1.807, 2.05) is 6.07 Å². The molecule has 0 atom stereocenters. The lowest BCUT2D eigenvalue weighted by atomic mass is 10.0. The molecule has 0 heterocycles. The van der Waals surface area contributed by atoms with E-state index < -0.39 is 5.97 Å². The van der Waals surface area contributed by atoms with E-state index in [0.29, 0.717) is 28.1 Å². The fourth-order valence-electron chi connectivity index (χ4n) is 2.79. The van der Waals surface area contributed by atoms with Crippen molar-refractivity contribution in [2.45, 2.75) is 0 Å². The first-order valence-electron chi connectivity index (χ1n) is 9.09. The number of rotatable bonds is 7. The zero-order valence-corrected chi connectivity index (χ0v) is 17.7. The van der Waals surface area contributed by atoms with Crippen LogP contribution >= 0.6 is 15.9 Å². The summed E-state index contributed by atoms with van der Waals surface area (Å²) >= 11 is 3.39. The topological polar surface area (TPSA) is 84.5 Å². The van der Waals surface area contributed by atoms with E-state index in [9.17, 15) is 14.4 Å². The number of amides is 1. The van der Waals surface area contributed by atoms with Gasteiger partial charge in [-0.15, -0.1) is 0 Å². The largest absolute Gasteiger partial charge is 0.465 e. The maximum Gasteiger partial charge on any atom is 0.337 e. The van der Waals surface area contributed by atoms with E-state index >= 15 is 0 Å². The van der Waals surface area contributed by atoms with Crippen LogP contribution in [-0.4, -0.2) is 31.3 Å². The minimum Gasteiger partial charge on any atom is -0.465 e. The summed E-state index contributed by atoms with van der Waals surface area (Å²) in [4.78, 5) is 36.7. The highest BCUT2D eigenvalue weighted by Gasteiger charge is 2.15. The summed E-state index contributed by atoms with van der Waals surface area (Å²) in [5.41, 5.74) is 2.53. The molecule has 0 radical (unpaired) electrons. The van der Waals surface area contributed by atoms with Gasteiger partial charge in [0.05, 0.1) is 19.2 Å². The Morgan fingerprint density at radius 2 is 1.60 bits per heavy atom. The summed E-state index contributed by atoms with van der Waals surface area (Å²) in [6.07, 6.45) is 0. The van der Waals surface area contributed by atoms with Crippen molar-refractivity contribution in [3.8, 4) is 0 Å². The van der Waals surface area contributed by atoms with Gasteiger partial charge in [-0.05, 0) is 42.5 Å². The molecule has 30 heavy (non-hydrogen) atoms. The van der Waals surface area contributed by atoms with Gasteiger partial charge in [-0.2, -0.15) is 0 Å². The van der Waals surface area contributed by atoms with Gasteiger partial charge in [-0.25, -0.2) is 4.79 Å². The lowest BCUT2D eigenvalue weighted by Gasteiger charge is -2.12. The first kappa shape index (κ1) is 21.3. The first-order valence-corrected chi connectivity index (χ1v) is 9.88. The predicted molar refractivity (Wildman–Crippen MR) is 119 cm³/mol. The molecule has 0 aliphatic carbocycles. The minimum atomic E-state index is -0.444. The van der Waals surface area contributed by atoms with Crippen molar-refractivity contribution in [3.05, 3.63) is 94.0 Å². The van der Waals surface area contributed by atoms with Crippen LogP contribution in [0.4, 0.5) is 11.4 Å². The summed E-state index contributed by atoms with van der Waals surface area (Å²) in [7, 11) is 1.31. The molecule has 2 N–H and O–H groups in total. The van der Waals surface area contributed by atoms with Crippen LogP contribution in [0.15, 0.2) is 77.3 Å². The number of benzene rings is 3. The Kier molecular flexibility index (Phi) is 6.98. The van der Waals surface area contributed by atoms with Crippen molar-refractivity contribution in [1.82, 2.24) is 0 Å². The maximum atomic E-state index is 12.9. The Hall–Kier alpha value is -3.45. The Morgan fingerprint density at radius 3 is 2.27 bits per heavy atom. The molecule has 1 amide bonds. The van der Waals surface area contributed by atoms with E-state index in [1.54, 1.807) is 66.7 Å². The number of carbonyl (C=O) groups excluding carboxylic acids is 3. The SMILES string of the molecule is COC(=O)c1ccc(NC(=O)CNc2ccc(Br)cc2C(=O)c2ccccc2)cc1. The number of esters is 1. The smallest absolute Gasteiger partial charge is 0.337 e. The third kappa shape index (κ3) is 5.33. The molecule has 0 saturated heterocycles. The number of anilines is 2. The Bertz CT molecular complexity index is 1070. The van der Waals surface area contributed by atoms with Crippen LogP contribution in [0.2, 0.25) is 0 Å². The van der Waals surface area contributed by atoms with Gasteiger partial charge in [0.2, 0.25) is 5.91 Å². The third-order valence-corrected chi connectivity index (χ3v) is 4.78. The highest BCUT2D eigenvalue weighted by Crippen LogP contribution is 2.24. The van der Waals surface area contributed by atoms with Crippen molar-refractivity contribution < 1.29 is 19.1 Å². The van der Waals surface area contributed by atoms with Gasteiger partial charge in [0.25, 0.3) is 0 Å². The van der Waals surface area contributed by atoms with Crippen LogP contribution in [0.25, 0.3) is 0 Å². The molecule has 152 valence electrons. The van der Waals surface area contributed by atoms with Gasteiger partial charge in [0.1, 0.15) is 0 Å². The van der Waals surface area contributed by atoms with E-state index in [-0.39, 0.29) is 18.2 Å². The van der Waals surface area contributed by atoms with Crippen LogP contribution in [-0.2, 0) is 9.53 Å². The molecular formula is C23H19BrN2O4. The Labute approximate surface area is 182 Å². The maximum absolute atomic E-state index is 12.9. The molecule has 0 fully saturated rings. The second-order valence-electron chi connectivity index (χ2n) is 6.36. The van der Waals surface area contributed by atoms with Crippen molar-refractivity contribution in [2.24, 2.45) is 0 Å². The highest BCUT2D eigenvalue weighted by atomic mass is 79.9. The van der Waals surface area contributed by atoms with Crippen LogP contribution < -0.4 is 10.6 Å². The molecule has 0 unspecified atom stereocenters. The quantitative estimate of drug-likeness (QED) is 0.395. The van der Waals surface area contributed by atoms with Crippen molar-refractivity contribution in [2.75, 3.05) is 24.3 Å². The summed E-state index contributed by atoms with van der Waals surface area (Å²) in [6, 6.07) is 20.6. The second kappa shape index (κ2) is 9.84. The van der Waals surface area contributed by atoms with Crippen LogP contribution in [0.5, 0.6) is 0 Å². The summed E-state index contributed by atoms with van der Waals surface area (Å²) < 4.78 is 5.41. The minimum absolute atomic E-state index is 0.0323. The third-order valence-electron chi connectivity index (χ3n) is 4.29. The van der Waals surface area contributed by atoms with Crippen molar-refractivity contribution >= 4 is 45.0 Å². The van der Waals surface area contributed by atoms with Gasteiger partial charge in [0, 0.05) is 27.0 Å². The first-order chi connectivity index (χ1) is 14.5. The van der Waals surface area contributed by atoms with Gasteiger partial charge < -0.3 is 15.4 Å². The van der Waals surface area contributed by atoms with Gasteiger partial charge in [0.15, 0.2) is 5.78 Å². The molecule has 0 bridgehead atoms. The fraction of sp³-hybridized carbons (Fsp3) is 0.0870. The monoisotopic (exact) mass is 466 g/mol. The molecule has 0 aliphatic heterocycles. The van der Waals surface area contributed by atoms with Crippen LogP contribution in [0.3, 0.4) is 0 Å². The van der Waals surface area contributed by atoms with E-state index in [2.05, 4.69) is 31.3 Å². The van der Waals surface area contributed by atoms with Crippen molar-refractivity contribution in [3.63, 3.8) is 0 Å². The number of ketones is 1. The molecule has 7 heteroatoms. The standard InChI is InChI=1S/C23H19BrN2O4/c1-30-23(29)16-7-10-18(11-8-16)26-21(27)14-25-20-12-9-17(24)13-19(20)22(28)15-5-3-2-4-6-15/h2-13,25H,14H2,1H3,(H,26,27). The predicted octanol–water partition coefficient (Wildman–Crippen LogP) is 4.52. The molecule has 0 saturated carbocycles. The molecule has 3 aromatic carbocycles. The molecule has 0 aromatic heterocycles. The average Bonchev–Trinajstić information content (AvgIpc) is 2.78. The fourth-order valence-corrected chi connectivity index (χ4v) is 3.15.